The Balaban J connectivity index is 1.95. The van der Waals surface area contributed by atoms with Crippen LogP contribution in [0.3, 0.4) is 0 Å². The number of nitrogens with one attached hydrogen (secondary N) is 2. The molecule has 2 aliphatic rings. The Kier molecular flexibility index (Phi) is 5.67. The molecule has 4 heteroatoms. The predicted molar refractivity (Wildman–Crippen MR) is 85.2 cm³/mol. The van der Waals surface area contributed by atoms with Crippen LogP contribution in [0.4, 0.5) is 0 Å². The maximum Gasteiger partial charge on any atom is 0.226 e. The van der Waals surface area contributed by atoms with E-state index in [0.717, 1.165) is 38.6 Å². The average Bonchev–Trinajstić information content (AvgIpc) is 3.07. The van der Waals surface area contributed by atoms with Crippen molar-refractivity contribution in [1.82, 2.24) is 10.6 Å². The zero-order valence-electron chi connectivity index (χ0n) is 14.0. The minimum atomic E-state index is -0.110. The number of hydrogen-bond donors (Lipinski definition) is 2. The third kappa shape index (κ3) is 3.98. The summed E-state index contributed by atoms with van der Waals surface area (Å²) in [6.45, 7) is 6.83. The normalized spacial score (nSPS) is 28.2. The summed E-state index contributed by atoms with van der Waals surface area (Å²) < 4.78 is 5.36. The van der Waals surface area contributed by atoms with E-state index in [4.69, 9.17) is 4.74 Å². The second-order valence-electron chi connectivity index (χ2n) is 7.51. The lowest BCUT2D eigenvalue weighted by Crippen LogP contribution is -2.55. The number of carbonyl (C=O) groups excluding carboxylic acids is 1. The zero-order chi connectivity index (χ0) is 15.3. The summed E-state index contributed by atoms with van der Waals surface area (Å²) in [6, 6.07) is 0. The van der Waals surface area contributed by atoms with Crippen molar-refractivity contribution in [3.8, 4) is 0 Å². The molecule has 0 spiro atoms. The van der Waals surface area contributed by atoms with E-state index in [1.807, 2.05) is 0 Å². The van der Waals surface area contributed by atoms with Crippen LogP contribution in [0.5, 0.6) is 0 Å². The average molecular weight is 296 g/mol. The molecule has 1 unspecified atom stereocenters. The van der Waals surface area contributed by atoms with Gasteiger partial charge in [-0.2, -0.15) is 0 Å². The highest BCUT2D eigenvalue weighted by molar-refractivity contribution is 5.83. The Morgan fingerprint density at radius 2 is 1.95 bits per heavy atom. The van der Waals surface area contributed by atoms with E-state index >= 15 is 0 Å². The highest BCUT2D eigenvalue weighted by Gasteiger charge is 2.42. The molecule has 4 nitrogen and oxygen atoms in total. The number of amides is 1. The van der Waals surface area contributed by atoms with E-state index in [1.165, 1.54) is 12.8 Å². The van der Waals surface area contributed by atoms with Crippen LogP contribution in [0, 0.1) is 11.3 Å². The van der Waals surface area contributed by atoms with Gasteiger partial charge in [0.2, 0.25) is 5.91 Å². The molecule has 2 N–H and O–H groups in total. The van der Waals surface area contributed by atoms with Gasteiger partial charge in [0.05, 0.1) is 12.1 Å². The fourth-order valence-electron chi connectivity index (χ4n) is 4.26. The van der Waals surface area contributed by atoms with Crippen LogP contribution in [0.15, 0.2) is 0 Å². The monoisotopic (exact) mass is 296 g/mol. The van der Waals surface area contributed by atoms with E-state index in [1.54, 1.807) is 7.11 Å². The molecule has 1 saturated carbocycles. The van der Waals surface area contributed by atoms with Crippen LogP contribution in [-0.2, 0) is 9.53 Å². The SMILES string of the molecule is COCC1(CNC(=O)C2(CC(C)C)CCCC2)CCCN1. The molecule has 122 valence electrons. The molecule has 2 rings (SSSR count). The first-order chi connectivity index (χ1) is 10.0. The summed E-state index contributed by atoms with van der Waals surface area (Å²) in [5.74, 6) is 0.851. The highest BCUT2D eigenvalue weighted by Crippen LogP contribution is 2.43. The summed E-state index contributed by atoms with van der Waals surface area (Å²) in [7, 11) is 1.74. The number of ether oxygens (including phenoxy) is 1. The van der Waals surface area contributed by atoms with Gasteiger partial charge in [0.15, 0.2) is 0 Å². The van der Waals surface area contributed by atoms with Gasteiger partial charge < -0.3 is 15.4 Å². The zero-order valence-corrected chi connectivity index (χ0v) is 14.0. The van der Waals surface area contributed by atoms with Crippen molar-refractivity contribution in [1.29, 1.82) is 0 Å². The molecule has 1 aliphatic carbocycles. The third-order valence-corrected chi connectivity index (χ3v) is 5.18. The second kappa shape index (κ2) is 7.10. The van der Waals surface area contributed by atoms with Gasteiger partial charge in [-0.05, 0) is 44.6 Å². The lowest BCUT2D eigenvalue weighted by Gasteiger charge is -2.33. The molecule has 0 aromatic carbocycles. The molecular weight excluding hydrogens is 264 g/mol. The molecule has 0 radical (unpaired) electrons. The minimum absolute atomic E-state index is 0.0535. The summed E-state index contributed by atoms with van der Waals surface area (Å²) in [4.78, 5) is 12.8. The maximum atomic E-state index is 12.8. The van der Waals surface area contributed by atoms with Crippen molar-refractivity contribution >= 4 is 5.91 Å². The van der Waals surface area contributed by atoms with Gasteiger partial charge in [0.1, 0.15) is 0 Å². The van der Waals surface area contributed by atoms with Gasteiger partial charge in [-0.1, -0.05) is 26.7 Å². The largest absolute Gasteiger partial charge is 0.383 e. The fourth-order valence-corrected chi connectivity index (χ4v) is 4.26. The molecule has 0 bridgehead atoms. The molecule has 0 aromatic rings. The Morgan fingerprint density at radius 3 is 2.48 bits per heavy atom. The van der Waals surface area contributed by atoms with Gasteiger partial charge in [-0.3, -0.25) is 4.79 Å². The number of hydrogen-bond acceptors (Lipinski definition) is 3. The first kappa shape index (κ1) is 16.8. The summed E-state index contributed by atoms with van der Waals surface area (Å²) >= 11 is 0. The second-order valence-corrected chi connectivity index (χ2v) is 7.51. The summed E-state index contributed by atoms with van der Waals surface area (Å²) in [5, 5.41) is 6.79. The first-order valence-corrected chi connectivity index (χ1v) is 8.54. The van der Waals surface area contributed by atoms with Crippen molar-refractivity contribution in [2.24, 2.45) is 11.3 Å². The molecule has 2 fully saturated rings. The molecule has 1 aliphatic heterocycles. The highest BCUT2D eigenvalue weighted by atomic mass is 16.5. The standard InChI is InChI=1S/C17H32N2O2/c1-14(2)11-16(7-4-5-8-16)15(20)18-12-17(13-21-3)9-6-10-19-17/h14,19H,4-13H2,1-3H3,(H,18,20). The number of carbonyl (C=O) groups is 1. The predicted octanol–water partition coefficient (Wildman–Crippen LogP) is 2.48. The lowest BCUT2D eigenvalue weighted by molar-refractivity contribution is -0.132. The Hall–Kier alpha value is -0.610. The molecule has 1 amide bonds. The van der Waals surface area contributed by atoms with Gasteiger partial charge in [0.25, 0.3) is 0 Å². The smallest absolute Gasteiger partial charge is 0.226 e. The Morgan fingerprint density at radius 1 is 1.24 bits per heavy atom. The van der Waals surface area contributed by atoms with E-state index in [9.17, 15) is 4.79 Å². The van der Waals surface area contributed by atoms with Crippen molar-refractivity contribution < 1.29 is 9.53 Å². The van der Waals surface area contributed by atoms with Gasteiger partial charge in [-0.15, -0.1) is 0 Å². The van der Waals surface area contributed by atoms with Crippen LogP contribution >= 0.6 is 0 Å². The van der Waals surface area contributed by atoms with Crippen molar-refractivity contribution in [3.05, 3.63) is 0 Å². The molecule has 1 saturated heterocycles. The van der Waals surface area contributed by atoms with Crippen LogP contribution in [0.1, 0.15) is 58.8 Å². The number of methoxy groups -OCH3 is 1. The fraction of sp³-hybridized carbons (Fsp3) is 0.941. The molecule has 21 heavy (non-hydrogen) atoms. The lowest BCUT2D eigenvalue weighted by atomic mass is 9.77. The Labute approximate surface area is 129 Å². The first-order valence-electron chi connectivity index (χ1n) is 8.54. The van der Waals surface area contributed by atoms with Crippen LogP contribution in [0.25, 0.3) is 0 Å². The van der Waals surface area contributed by atoms with Gasteiger partial charge >= 0.3 is 0 Å². The Bertz CT molecular complexity index is 343. The van der Waals surface area contributed by atoms with Crippen molar-refractivity contribution in [2.75, 3.05) is 26.8 Å². The minimum Gasteiger partial charge on any atom is -0.383 e. The summed E-state index contributed by atoms with van der Waals surface area (Å²) in [5.41, 5.74) is -0.164. The van der Waals surface area contributed by atoms with Crippen molar-refractivity contribution in [2.45, 2.75) is 64.3 Å². The topological polar surface area (TPSA) is 50.4 Å². The van der Waals surface area contributed by atoms with E-state index in [2.05, 4.69) is 24.5 Å². The number of rotatable bonds is 7. The molecular formula is C17H32N2O2. The van der Waals surface area contributed by atoms with Crippen molar-refractivity contribution in [3.63, 3.8) is 0 Å². The van der Waals surface area contributed by atoms with E-state index < -0.39 is 0 Å². The quantitative estimate of drug-likeness (QED) is 0.759. The van der Waals surface area contributed by atoms with Gasteiger partial charge in [0, 0.05) is 19.1 Å². The van der Waals surface area contributed by atoms with Crippen LogP contribution in [-0.4, -0.2) is 38.3 Å². The maximum absolute atomic E-state index is 12.8. The summed E-state index contributed by atoms with van der Waals surface area (Å²) in [6.07, 6.45) is 7.77. The van der Waals surface area contributed by atoms with Crippen LogP contribution < -0.4 is 10.6 Å². The third-order valence-electron chi connectivity index (χ3n) is 5.18. The van der Waals surface area contributed by atoms with E-state index in [0.29, 0.717) is 19.1 Å². The van der Waals surface area contributed by atoms with Crippen LogP contribution in [0.2, 0.25) is 0 Å². The van der Waals surface area contributed by atoms with E-state index in [-0.39, 0.29) is 16.9 Å². The molecule has 1 atom stereocenters. The molecule has 1 heterocycles. The van der Waals surface area contributed by atoms with Gasteiger partial charge in [-0.25, -0.2) is 0 Å². The molecule has 0 aromatic heterocycles.